The van der Waals surface area contributed by atoms with Crippen molar-refractivity contribution in [2.45, 2.75) is 5.92 Å². The first-order valence-corrected chi connectivity index (χ1v) is 8.09. The number of nitrogens with one attached hydrogen (secondary N) is 1. The summed E-state index contributed by atoms with van der Waals surface area (Å²) in [7, 11) is -3.37. The van der Waals surface area contributed by atoms with Crippen LogP contribution in [0.5, 0.6) is 0 Å². The first-order chi connectivity index (χ1) is 9.97. The maximum Gasteiger partial charge on any atom is 0.365 e. The van der Waals surface area contributed by atoms with Gasteiger partial charge in [0.1, 0.15) is 0 Å². The molecule has 3 rings (SSSR count). The lowest BCUT2D eigenvalue weighted by atomic mass is 9.99. The molecule has 1 aliphatic rings. The molecule has 0 saturated heterocycles. The number of aromatic nitrogens is 1. The van der Waals surface area contributed by atoms with E-state index in [1.807, 2.05) is 18.2 Å². The Labute approximate surface area is 120 Å². The van der Waals surface area contributed by atoms with Gasteiger partial charge in [-0.05, 0) is 11.6 Å². The lowest BCUT2D eigenvalue weighted by Crippen LogP contribution is -2.02. The topological polar surface area (TPSA) is 92.5 Å². The van der Waals surface area contributed by atoms with Crippen molar-refractivity contribution in [1.82, 2.24) is 5.16 Å². The highest BCUT2D eigenvalue weighted by atomic mass is 32.2. The van der Waals surface area contributed by atoms with Crippen LogP contribution in [0.3, 0.4) is 0 Å². The average Bonchev–Trinajstić information content (AvgIpc) is 3.05. The second-order valence-electron chi connectivity index (χ2n) is 4.73. The number of sulfone groups is 1. The van der Waals surface area contributed by atoms with Gasteiger partial charge in [0.15, 0.2) is 14.9 Å². The number of allylic oxidation sites excluding steroid dienone is 1. The summed E-state index contributed by atoms with van der Waals surface area (Å²) < 4.78 is 27.8. The van der Waals surface area contributed by atoms with Crippen molar-refractivity contribution in [2.75, 3.05) is 6.26 Å². The van der Waals surface area contributed by atoms with Crippen molar-refractivity contribution in [1.29, 1.82) is 0 Å². The summed E-state index contributed by atoms with van der Waals surface area (Å²) >= 11 is 0. The zero-order valence-corrected chi connectivity index (χ0v) is 11.9. The van der Waals surface area contributed by atoms with Crippen LogP contribution in [0.1, 0.15) is 11.6 Å². The van der Waals surface area contributed by atoms with E-state index in [0.29, 0.717) is 16.8 Å². The molecule has 1 aromatic carbocycles. The van der Waals surface area contributed by atoms with Gasteiger partial charge in [0.05, 0.1) is 17.2 Å². The van der Waals surface area contributed by atoms with Crippen molar-refractivity contribution in [3.8, 4) is 11.1 Å². The standard InChI is InChI=1S/C14H12N2O4S/c1-21(18,19)11-7-10(8-15-11)13-12(14(17)20-16-13)9-5-3-2-4-6-9/h2-8,10,16H,1H3. The molecule has 0 radical (unpaired) electrons. The normalized spacial score (nSPS) is 18.0. The molecule has 1 unspecified atom stereocenters. The summed E-state index contributed by atoms with van der Waals surface area (Å²) in [5.41, 5.74) is 1.09. The van der Waals surface area contributed by atoms with E-state index in [9.17, 15) is 13.2 Å². The molecule has 7 heteroatoms. The Hall–Kier alpha value is -2.41. The van der Waals surface area contributed by atoms with Crippen molar-refractivity contribution < 1.29 is 12.9 Å². The molecule has 0 saturated carbocycles. The average molecular weight is 304 g/mol. The quantitative estimate of drug-likeness (QED) is 0.933. The summed E-state index contributed by atoms with van der Waals surface area (Å²) in [6.07, 6.45) is 4.06. The molecule has 1 aliphatic heterocycles. The molecule has 2 aromatic rings. The second kappa shape index (κ2) is 4.85. The van der Waals surface area contributed by atoms with Crippen LogP contribution in [0.25, 0.3) is 11.1 Å². The minimum Gasteiger partial charge on any atom is -0.338 e. The number of nitrogens with zero attached hydrogens (tertiary/aromatic N) is 1. The third kappa shape index (κ3) is 2.47. The van der Waals surface area contributed by atoms with Crippen molar-refractivity contribution in [3.05, 3.63) is 57.6 Å². The van der Waals surface area contributed by atoms with E-state index in [2.05, 4.69) is 10.1 Å². The number of rotatable bonds is 3. The molecule has 0 fully saturated rings. The van der Waals surface area contributed by atoms with Gasteiger partial charge in [-0.1, -0.05) is 30.3 Å². The Balaban J connectivity index is 2.10. The molecular weight excluding hydrogens is 292 g/mol. The molecule has 0 spiro atoms. The van der Waals surface area contributed by atoms with Crippen LogP contribution in [-0.4, -0.2) is 26.0 Å². The van der Waals surface area contributed by atoms with Crippen LogP contribution in [0, 0.1) is 0 Å². The van der Waals surface area contributed by atoms with Gasteiger partial charge in [0.25, 0.3) is 0 Å². The monoisotopic (exact) mass is 304 g/mol. The first-order valence-electron chi connectivity index (χ1n) is 6.19. The van der Waals surface area contributed by atoms with Gasteiger partial charge >= 0.3 is 5.63 Å². The van der Waals surface area contributed by atoms with Gasteiger partial charge in [0, 0.05) is 12.5 Å². The van der Waals surface area contributed by atoms with Gasteiger partial charge in [-0.3, -0.25) is 0 Å². The Morgan fingerprint density at radius 3 is 2.57 bits per heavy atom. The fraction of sp³-hybridized carbons (Fsp3) is 0.143. The van der Waals surface area contributed by atoms with Gasteiger partial charge in [-0.2, -0.15) is 0 Å². The zero-order chi connectivity index (χ0) is 15.0. The van der Waals surface area contributed by atoms with Gasteiger partial charge in [-0.15, -0.1) is 0 Å². The SMILES string of the molecule is CS(=O)(=O)C1=CC(c2[nH]oc(=O)c2-c2ccccc2)C=N1. The van der Waals surface area contributed by atoms with E-state index in [4.69, 9.17) is 4.52 Å². The van der Waals surface area contributed by atoms with Gasteiger partial charge in [0.2, 0.25) is 0 Å². The molecule has 0 bridgehead atoms. The number of hydrogen-bond acceptors (Lipinski definition) is 5. The Kier molecular flexibility index (Phi) is 3.13. The molecule has 108 valence electrons. The summed E-state index contributed by atoms with van der Waals surface area (Å²) in [6.45, 7) is 0. The summed E-state index contributed by atoms with van der Waals surface area (Å²) in [5.74, 6) is -0.434. The Morgan fingerprint density at radius 1 is 1.24 bits per heavy atom. The van der Waals surface area contributed by atoms with E-state index in [-0.39, 0.29) is 5.03 Å². The smallest absolute Gasteiger partial charge is 0.338 e. The van der Waals surface area contributed by atoms with E-state index in [1.165, 1.54) is 12.3 Å². The van der Waals surface area contributed by atoms with Gasteiger partial charge < -0.3 is 4.52 Å². The van der Waals surface area contributed by atoms with Gasteiger partial charge in [-0.25, -0.2) is 23.4 Å². The van der Waals surface area contributed by atoms with Crippen LogP contribution >= 0.6 is 0 Å². The summed E-state index contributed by atoms with van der Waals surface area (Å²) in [4.78, 5) is 15.8. The third-order valence-corrected chi connectivity index (χ3v) is 4.19. The zero-order valence-electron chi connectivity index (χ0n) is 11.1. The van der Waals surface area contributed by atoms with Crippen LogP contribution in [0.15, 0.2) is 55.7 Å². The van der Waals surface area contributed by atoms with E-state index < -0.39 is 21.4 Å². The molecule has 0 aliphatic carbocycles. The van der Waals surface area contributed by atoms with E-state index in [1.54, 1.807) is 12.1 Å². The molecular formula is C14H12N2O4S. The molecule has 1 atom stereocenters. The van der Waals surface area contributed by atoms with E-state index in [0.717, 1.165) is 6.26 Å². The Bertz CT molecular complexity index is 889. The maximum absolute atomic E-state index is 11.9. The lowest BCUT2D eigenvalue weighted by molar-refractivity contribution is 0.386. The minimum absolute atomic E-state index is 0.00596. The van der Waals surface area contributed by atoms with Crippen LogP contribution in [0.4, 0.5) is 0 Å². The molecule has 2 heterocycles. The predicted molar refractivity (Wildman–Crippen MR) is 78.9 cm³/mol. The molecule has 21 heavy (non-hydrogen) atoms. The van der Waals surface area contributed by atoms with Crippen LogP contribution in [-0.2, 0) is 9.84 Å². The number of H-pyrrole nitrogens is 1. The van der Waals surface area contributed by atoms with E-state index >= 15 is 0 Å². The Morgan fingerprint density at radius 2 is 1.95 bits per heavy atom. The number of aromatic amines is 1. The summed E-state index contributed by atoms with van der Waals surface area (Å²) in [6, 6.07) is 9.04. The van der Waals surface area contributed by atoms with Crippen molar-refractivity contribution >= 4 is 16.1 Å². The van der Waals surface area contributed by atoms with Crippen molar-refractivity contribution in [2.24, 2.45) is 4.99 Å². The lowest BCUT2D eigenvalue weighted by Gasteiger charge is -2.03. The minimum atomic E-state index is -3.37. The highest BCUT2D eigenvalue weighted by molar-refractivity contribution is 7.94. The fourth-order valence-electron chi connectivity index (χ4n) is 2.20. The molecule has 1 aromatic heterocycles. The first kappa shape index (κ1) is 13.6. The highest BCUT2D eigenvalue weighted by Crippen LogP contribution is 2.29. The predicted octanol–water partition coefficient (Wildman–Crippen LogP) is 1.69. The van der Waals surface area contributed by atoms with Crippen LogP contribution < -0.4 is 5.63 Å². The number of aliphatic imine (C=N–C) groups is 1. The number of hydrogen-bond donors (Lipinski definition) is 1. The third-order valence-electron chi connectivity index (χ3n) is 3.19. The number of benzene rings is 1. The molecule has 6 nitrogen and oxygen atoms in total. The highest BCUT2D eigenvalue weighted by Gasteiger charge is 2.25. The molecule has 0 amide bonds. The molecule has 1 N–H and O–H groups in total. The maximum atomic E-state index is 11.9. The second-order valence-corrected chi connectivity index (χ2v) is 6.69. The van der Waals surface area contributed by atoms with Crippen molar-refractivity contribution in [3.63, 3.8) is 0 Å². The largest absolute Gasteiger partial charge is 0.365 e. The van der Waals surface area contributed by atoms with Crippen LogP contribution in [0.2, 0.25) is 0 Å². The fourth-order valence-corrected chi connectivity index (χ4v) is 2.84. The summed E-state index contributed by atoms with van der Waals surface area (Å²) in [5, 5.41) is 2.56.